The number of hydrogen-bond acceptors (Lipinski definition) is 3. The minimum absolute atomic E-state index is 0.0357. The number of rotatable bonds is 6. The number of aromatic nitrogens is 1. The zero-order valence-electron chi connectivity index (χ0n) is 12.6. The molecule has 4 heteroatoms. The van der Waals surface area contributed by atoms with Crippen molar-refractivity contribution in [3.05, 3.63) is 59.7 Å². The minimum atomic E-state index is -0.323. The molecule has 0 aliphatic heterocycles. The lowest BCUT2D eigenvalue weighted by Crippen LogP contribution is -2.18. The first-order valence-electron chi connectivity index (χ1n) is 7.14. The Bertz CT molecular complexity index is 572. The molecule has 21 heavy (non-hydrogen) atoms. The predicted molar refractivity (Wildman–Crippen MR) is 81.7 cm³/mol. The number of nitrogens with zero attached hydrogens (tertiary/aromatic N) is 1. The van der Waals surface area contributed by atoms with E-state index in [4.69, 9.17) is 4.74 Å². The van der Waals surface area contributed by atoms with E-state index in [1.807, 2.05) is 45.2 Å². The number of nitrogens with one attached hydrogen (secondary N) is 1. The standard InChI is InChI=1S/C17H21FN2O/c1-12(2)21-17-7-6-15(9-16(17)18)13(3)20-11-14-5-4-8-19-10-14/h4-10,12-13,20H,11H2,1-3H3/t13-/m0/s1. The van der Waals surface area contributed by atoms with E-state index in [-0.39, 0.29) is 18.0 Å². The number of ether oxygens (including phenoxy) is 1. The average molecular weight is 288 g/mol. The zero-order valence-corrected chi connectivity index (χ0v) is 12.6. The van der Waals surface area contributed by atoms with Gasteiger partial charge >= 0.3 is 0 Å². The second kappa shape index (κ2) is 7.18. The Hall–Kier alpha value is -1.94. The molecule has 1 N–H and O–H groups in total. The molecule has 1 heterocycles. The second-order valence-corrected chi connectivity index (χ2v) is 5.32. The maximum absolute atomic E-state index is 14.0. The van der Waals surface area contributed by atoms with Crippen LogP contribution in [-0.2, 0) is 6.54 Å². The Morgan fingerprint density at radius 2 is 2.05 bits per heavy atom. The van der Waals surface area contributed by atoms with Gasteiger partial charge in [-0.3, -0.25) is 4.98 Å². The van der Waals surface area contributed by atoms with Crippen molar-refractivity contribution in [1.82, 2.24) is 10.3 Å². The Morgan fingerprint density at radius 3 is 2.67 bits per heavy atom. The highest BCUT2D eigenvalue weighted by Gasteiger charge is 2.10. The Kier molecular flexibility index (Phi) is 5.28. The Labute approximate surface area is 125 Å². The quantitative estimate of drug-likeness (QED) is 0.876. The smallest absolute Gasteiger partial charge is 0.165 e. The lowest BCUT2D eigenvalue weighted by molar-refractivity contribution is 0.231. The van der Waals surface area contributed by atoms with Gasteiger partial charge in [-0.2, -0.15) is 0 Å². The van der Waals surface area contributed by atoms with Gasteiger partial charge in [-0.05, 0) is 50.1 Å². The van der Waals surface area contributed by atoms with Gasteiger partial charge in [0.2, 0.25) is 0 Å². The molecule has 0 saturated heterocycles. The summed E-state index contributed by atoms with van der Waals surface area (Å²) in [6, 6.07) is 9.06. The van der Waals surface area contributed by atoms with Crippen LogP contribution in [0.1, 0.15) is 37.9 Å². The summed E-state index contributed by atoms with van der Waals surface area (Å²) in [6.07, 6.45) is 3.53. The van der Waals surface area contributed by atoms with Gasteiger partial charge in [0.25, 0.3) is 0 Å². The Morgan fingerprint density at radius 1 is 1.24 bits per heavy atom. The van der Waals surface area contributed by atoms with Crippen LogP contribution in [0.15, 0.2) is 42.7 Å². The fourth-order valence-corrected chi connectivity index (χ4v) is 2.03. The molecule has 0 aliphatic rings. The molecule has 3 nitrogen and oxygen atoms in total. The van der Waals surface area contributed by atoms with Crippen molar-refractivity contribution < 1.29 is 9.13 Å². The summed E-state index contributed by atoms with van der Waals surface area (Å²) in [5, 5.41) is 3.36. The number of halogens is 1. The fourth-order valence-electron chi connectivity index (χ4n) is 2.03. The van der Waals surface area contributed by atoms with E-state index in [0.29, 0.717) is 12.3 Å². The molecule has 1 atom stereocenters. The molecule has 112 valence electrons. The van der Waals surface area contributed by atoms with E-state index in [9.17, 15) is 4.39 Å². The number of benzene rings is 1. The zero-order chi connectivity index (χ0) is 15.2. The van der Waals surface area contributed by atoms with E-state index in [1.54, 1.807) is 12.3 Å². The Balaban J connectivity index is 1.99. The van der Waals surface area contributed by atoms with Gasteiger partial charge in [-0.15, -0.1) is 0 Å². The van der Waals surface area contributed by atoms with Crippen molar-refractivity contribution in [2.45, 2.75) is 39.5 Å². The molecule has 1 aromatic heterocycles. The van der Waals surface area contributed by atoms with E-state index in [1.165, 1.54) is 6.07 Å². The van der Waals surface area contributed by atoms with Crippen LogP contribution >= 0.6 is 0 Å². The van der Waals surface area contributed by atoms with E-state index in [0.717, 1.165) is 11.1 Å². The molecule has 0 unspecified atom stereocenters. The topological polar surface area (TPSA) is 34.1 Å². The van der Waals surface area contributed by atoms with Crippen molar-refractivity contribution in [3.63, 3.8) is 0 Å². The highest BCUT2D eigenvalue weighted by molar-refractivity contribution is 5.31. The van der Waals surface area contributed by atoms with Gasteiger partial charge in [0.05, 0.1) is 6.10 Å². The molecule has 0 bridgehead atoms. The highest BCUT2D eigenvalue weighted by Crippen LogP contribution is 2.23. The van der Waals surface area contributed by atoms with E-state index < -0.39 is 0 Å². The van der Waals surface area contributed by atoms with Gasteiger partial charge in [-0.1, -0.05) is 12.1 Å². The second-order valence-electron chi connectivity index (χ2n) is 5.32. The maximum atomic E-state index is 14.0. The third-order valence-corrected chi connectivity index (χ3v) is 3.15. The molecule has 0 fully saturated rings. The summed E-state index contributed by atoms with van der Waals surface area (Å²) >= 11 is 0. The summed E-state index contributed by atoms with van der Waals surface area (Å²) in [6.45, 7) is 6.46. The average Bonchev–Trinajstić information content (AvgIpc) is 2.47. The largest absolute Gasteiger partial charge is 0.488 e. The third-order valence-electron chi connectivity index (χ3n) is 3.15. The lowest BCUT2D eigenvalue weighted by atomic mass is 10.1. The maximum Gasteiger partial charge on any atom is 0.165 e. The van der Waals surface area contributed by atoms with E-state index in [2.05, 4.69) is 10.3 Å². The first-order chi connectivity index (χ1) is 10.1. The first kappa shape index (κ1) is 15.4. The highest BCUT2D eigenvalue weighted by atomic mass is 19.1. The molecule has 1 aromatic carbocycles. The minimum Gasteiger partial charge on any atom is -0.488 e. The molecule has 0 spiro atoms. The van der Waals surface area contributed by atoms with Gasteiger partial charge in [0.1, 0.15) is 0 Å². The fraction of sp³-hybridized carbons (Fsp3) is 0.353. The molecule has 0 saturated carbocycles. The molecule has 2 rings (SSSR count). The van der Waals surface area contributed by atoms with Crippen LogP contribution < -0.4 is 10.1 Å². The van der Waals surface area contributed by atoms with Crippen LogP contribution in [0.25, 0.3) is 0 Å². The van der Waals surface area contributed by atoms with Crippen LogP contribution in [0.5, 0.6) is 5.75 Å². The van der Waals surface area contributed by atoms with Crippen molar-refractivity contribution in [2.24, 2.45) is 0 Å². The normalized spacial score (nSPS) is 12.4. The van der Waals surface area contributed by atoms with Gasteiger partial charge in [-0.25, -0.2) is 4.39 Å². The molecule has 2 aromatic rings. The van der Waals surface area contributed by atoms with Crippen LogP contribution in [-0.4, -0.2) is 11.1 Å². The van der Waals surface area contributed by atoms with Crippen LogP contribution in [0.2, 0.25) is 0 Å². The van der Waals surface area contributed by atoms with Crippen LogP contribution in [0, 0.1) is 5.82 Å². The summed E-state index contributed by atoms with van der Waals surface area (Å²) in [5.41, 5.74) is 2.00. The van der Waals surface area contributed by atoms with Crippen LogP contribution in [0.3, 0.4) is 0 Å². The molecule has 0 aliphatic carbocycles. The van der Waals surface area contributed by atoms with Crippen molar-refractivity contribution in [3.8, 4) is 5.75 Å². The van der Waals surface area contributed by atoms with E-state index >= 15 is 0 Å². The van der Waals surface area contributed by atoms with Crippen molar-refractivity contribution >= 4 is 0 Å². The lowest BCUT2D eigenvalue weighted by Gasteiger charge is -2.16. The summed E-state index contributed by atoms with van der Waals surface area (Å²) < 4.78 is 19.4. The predicted octanol–water partition coefficient (Wildman–Crippen LogP) is 3.86. The molecule has 0 amide bonds. The van der Waals surface area contributed by atoms with Gasteiger partial charge in [0.15, 0.2) is 11.6 Å². The van der Waals surface area contributed by atoms with Gasteiger partial charge < -0.3 is 10.1 Å². The summed E-state index contributed by atoms with van der Waals surface area (Å²) in [7, 11) is 0. The van der Waals surface area contributed by atoms with Gasteiger partial charge in [0, 0.05) is 25.0 Å². The van der Waals surface area contributed by atoms with Crippen molar-refractivity contribution in [2.75, 3.05) is 0 Å². The van der Waals surface area contributed by atoms with Crippen LogP contribution in [0.4, 0.5) is 4.39 Å². The summed E-state index contributed by atoms with van der Waals surface area (Å²) in [5.74, 6) is -0.0237. The molecule has 0 radical (unpaired) electrons. The van der Waals surface area contributed by atoms with Crippen molar-refractivity contribution in [1.29, 1.82) is 0 Å². The molecular weight excluding hydrogens is 267 g/mol. The first-order valence-corrected chi connectivity index (χ1v) is 7.14. The summed E-state index contributed by atoms with van der Waals surface area (Å²) in [4.78, 5) is 4.07. The number of pyridine rings is 1. The molecular formula is C17H21FN2O. The monoisotopic (exact) mass is 288 g/mol. The number of hydrogen-bond donors (Lipinski definition) is 1. The third kappa shape index (κ3) is 4.53. The SMILES string of the molecule is CC(C)Oc1ccc([C@H](C)NCc2cccnc2)cc1F.